The molecule has 18 heavy (non-hydrogen) atoms. The zero-order valence-electron chi connectivity index (χ0n) is 10.8. The molecule has 0 saturated carbocycles. The second-order valence-electron chi connectivity index (χ2n) is 4.20. The highest BCUT2D eigenvalue weighted by molar-refractivity contribution is 7.99. The normalized spacial score (nSPS) is 14.4. The fourth-order valence-corrected chi connectivity index (χ4v) is 2.99. The summed E-state index contributed by atoms with van der Waals surface area (Å²) in [6, 6.07) is 10.7. The Morgan fingerprint density at radius 2 is 2.00 bits per heavy atom. The highest BCUT2D eigenvalue weighted by Gasteiger charge is 2.19. The molecule has 0 saturated heterocycles. The van der Waals surface area contributed by atoms with Crippen LogP contribution in [0.1, 0.15) is 24.4 Å². The third-order valence-corrected chi connectivity index (χ3v) is 3.84. The molecule has 96 valence electrons. The summed E-state index contributed by atoms with van der Waals surface area (Å²) in [5.74, 6) is 0.852. The third kappa shape index (κ3) is 3.11. The van der Waals surface area contributed by atoms with Crippen LogP contribution in [0.3, 0.4) is 0 Å². The molecule has 0 aliphatic heterocycles. The van der Waals surface area contributed by atoms with Crippen molar-refractivity contribution in [3.8, 4) is 0 Å². The molecule has 2 N–H and O–H groups in total. The fourth-order valence-electron chi connectivity index (χ4n) is 1.94. The molecule has 0 radical (unpaired) electrons. The van der Waals surface area contributed by atoms with Crippen molar-refractivity contribution in [1.29, 1.82) is 0 Å². The molecule has 2 atom stereocenters. The van der Waals surface area contributed by atoms with Crippen molar-refractivity contribution in [2.24, 2.45) is 0 Å². The maximum Gasteiger partial charge on any atom is 0.208 e. The fraction of sp³-hybridized carbons (Fsp3) is 0.385. The Kier molecular flexibility index (Phi) is 4.38. The van der Waals surface area contributed by atoms with Gasteiger partial charge in [-0.3, -0.25) is 5.10 Å². The van der Waals surface area contributed by atoms with Gasteiger partial charge in [0.25, 0.3) is 0 Å². The van der Waals surface area contributed by atoms with E-state index in [0.717, 1.165) is 11.0 Å². The van der Waals surface area contributed by atoms with Gasteiger partial charge >= 0.3 is 0 Å². The van der Waals surface area contributed by atoms with Gasteiger partial charge in [0, 0.05) is 11.3 Å². The number of aromatic amines is 1. The number of hydrogen-bond donors (Lipinski definition) is 2. The number of aromatic nitrogens is 3. The topological polar surface area (TPSA) is 53.6 Å². The molecule has 2 rings (SSSR count). The van der Waals surface area contributed by atoms with E-state index in [2.05, 4.69) is 51.7 Å². The van der Waals surface area contributed by atoms with Crippen molar-refractivity contribution in [1.82, 2.24) is 20.5 Å². The first-order valence-corrected chi connectivity index (χ1v) is 6.86. The Labute approximate surface area is 112 Å². The van der Waals surface area contributed by atoms with Gasteiger partial charge in [-0.1, -0.05) is 49.0 Å². The minimum atomic E-state index is 0.287. The van der Waals surface area contributed by atoms with Crippen molar-refractivity contribution in [3.63, 3.8) is 0 Å². The molecule has 0 bridgehead atoms. The first-order valence-electron chi connectivity index (χ1n) is 5.98. The predicted molar refractivity (Wildman–Crippen MR) is 74.7 cm³/mol. The van der Waals surface area contributed by atoms with Gasteiger partial charge in [0.1, 0.15) is 5.82 Å². The van der Waals surface area contributed by atoms with Gasteiger partial charge in [-0.2, -0.15) is 0 Å². The zero-order valence-corrected chi connectivity index (χ0v) is 11.7. The van der Waals surface area contributed by atoms with Crippen molar-refractivity contribution < 1.29 is 0 Å². The van der Waals surface area contributed by atoms with Gasteiger partial charge in [-0.05, 0) is 19.5 Å². The predicted octanol–water partition coefficient (Wildman–Crippen LogP) is 2.55. The maximum atomic E-state index is 4.33. The number of nitrogens with one attached hydrogen (secondary N) is 2. The van der Waals surface area contributed by atoms with E-state index in [9.17, 15) is 0 Å². The van der Waals surface area contributed by atoms with Crippen LogP contribution in [0.15, 0.2) is 35.5 Å². The van der Waals surface area contributed by atoms with Gasteiger partial charge < -0.3 is 5.32 Å². The summed E-state index contributed by atoms with van der Waals surface area (Å²) in [4.78, 5) is 4.33. The Morgan fingerprint density at radius 1 is 1.28 bits per heavy atom. The van der Waals surface area contributed by atoms with Crippen molar-refractivity contribution in [3.05, 3.63) is 41.7 Å². The lowest BCUT2D eigenvalue weighted by Crippen LogP contribution is -2.25. The molecule has 0 spiro atoms. The Morgan fingerprint density at radius 3 is 2.56 bits per heavy atom. The summed E-state index contributed by atoms with van der Waals surface area (Å²) in [6.07, 6.45) is 0. The maximum absolute atomic E-state index is 4.33. The second-order valence-corrected chi connectivity index (χ2v) is 5.55. The second kappa shape index (κ2) is 6.02. The van der Waals surface area contributed by atoms with E-state index in [-0.39, 0.29) is 6.04 Å². The third-order valence-electron chi connectivity index (χ3n) is 2.81. The van der Waals surface area contributed by atoms with Gasteiger partial charge in [0.05, 0.1) is 0 Å². The molecule has 5 heteroatoms. The summed E-state index contributed by atoms with van der Waals surface area (Å²) >= 11 is 1.68. The SMILES string of the molecule is CNC(c1ccccc1)C(C)Sc1n[nH]c(C)n1. The minimum Gasteiger partial charge on any atom is -0.312 e. The number of nitrogens with zero attached hydrogens (tertiary/aromatic N) is 2. The van der Waals surface area contributed by atoms with Crippen LogP contribution in [-0.4, -0.2) is 27.5 Å². The van der Waals surface area contributed by atoms with Crippen LogP contribution in [0, 0.1) is 6.92 Å². The highest BCUT2D eigenvalue weighted by atomic mass is 32.2. The molecular weight excluding hydrogens is 244 g/mol. The van der Waals surface area contributed by atoms with Crippen molar-refractivity contribution >= 4 is 11.8 Å². The number of H-pyrrole nitrogens is 1. The highest BCUT2D eigenvalue weighted by Crippen LogP contribution is 2.29. The molecule has 0 aliphatic rings. The molecule has 4 nitrogen and oxygen atoms in total. The zero-order chi connectivity index (χ0) is 13.0. The first kappa shape index (κ1) is 13.1. The van der Waals surface area contributed by atoms with Gasteiger partial charge in [0.15, 0.2) is 0 Å². The van der Waals surface area contributed by atoms with Crippen LogP contribution in [0.25, 0.3) is 0 Å². The molecule has 1 aromatic carbocycles. The summed E-state index contributed by atoms with van der Waals surface area (Å²) in [7, 11) is 1.98. The van der Waals surface area contributed by atoms with E-state index >= 15 is 0 Å². The summed E-state index contributed by atoms with van der Waals surface area (Å²) in [5, 5.41) is 11.5. The molecule has 1 heterocycles. The van der Waals surface area contributed by atoms with E-state index in [0.29, 0.717) is 5.25 Å². The number of thioether (sulfide) groups is 1. The van der Waals surface area contributed by atoms with Crippen LogP contribution in [0.2, 0.25) is 0 Å². The lowest BCUT2D eigenvalue weighted by atomic mass is 10.0. The number of benzene rings is 1. The largest absolute Gasteiger partial charge is 0.312 e. The molecular formula is C13H18N4S. The van der Waals surface area contributed by atoms with Crippen LogP contribution < -0.4 is 5.32 Å². The quantitative estimate of drug-likeness (QED) is 0.813. The number of aryl methyl sites for hydroxylation is 1. The Hall–Kier alpha value is -1.33. The lowest BCUT2D eigenvalue weighted by Gasteiger charge is -2.22. The summed E-state index contributed by atoms with van der Waals surface area (Å²) < 4.78 is 0. The lowest BCUT2D eigenvalue weighted by molar-refractivity contribution is 0.588. The molecule has 0 fully saturated rings. The van der Waals surface area contributed by atoms with Gasteiger partial charge in [-0.15, -0.1) is 5.10 Å². The molecule has 0 aliphatic carbocycles. The molecule has 0 amide bonds. The first-order chi connectivity index (χ1) is 8.70. The number of hydrogen-bond acceptors (Lipinski definition) is 4. The van der Waals surface area contributed by atoms with Crippen LogP contribution in [0.5, 0.6) is 0 Å². The smallest absolute Gasteiger partial charge is 0.208 e. The summed E-state index contributed by atoms with van der Waals surface area (Å²) in [6.45, 7) is 4.10. The standard InChI is InChI=1S/C13H18N4S/c1-9(18-13-15-10(2)16-17-13)12(14-3)11-7-5-4-6-8-11/h4-9,12,14H,1-3H3,(H,15,16,17). The molecule has 1 aromatic heterocycles. The van der Waals surface area contributed by atoms with E-state index in [1.807, 2.05) is 20.0 Å². The van der Waals surface area contributed by atoms with E-state index in [1.54, 1.807) is 11.8 Å². The van der Waals surface area contributed by atoms with Crippen LogP contribution in [-0.2, 0) is 0 Å². The van der Waals surface area contributed by atoms with Gasteiger partial charge in [-0.25, -0.2) is 4.98 Å². The van der Waals surface area contributed by atoms with E-state index in [1.165, 1.54) is 5.56 Å². The minimum absolute atomic E-state index is 0.287. The Balaban J connectivity index is 2.08. The van der Waals surface area contributed by atoms with Crippen LogP contribution in [0.4, 0.5) is 0 Å². The van der Waals surface area contributed by atoms with E-state index in [4.69, 9.17) is 0 Å². The van der Waals surface area contributed by atoms with Crippen molar-refractivity contribution in [2.75, 3.05) is 7.05 Å². The summed E-state index contributed by atoms with van der Waals surface area (Å²) in [5.41, 5.74) is 1.28. The Bertz CT molecular complexity index is 483. The number of rotatable bonds is 5. The average Bonchev–Trinajstić information content (AvgIpc) is 2.77. The van der Waals surface area contributed by atoms with Crippen molar-refractivity contribution in [2.45, 2.75) is 30.3 Å². The monoisotopic (exact) mass is 262 g/mol. The molecule has 2 aromatic rings. The molecule has 2 unspecified atom stereocenters. The van der Waals surface area contributed by atoms with Crippen LogP contribution >= 0.6 is 11.8 Å². The van der Waals surface area contributed by atoms with E-state index < -0.39 is 0 Å². The average molecular weight is 262 g/mol. The van der Waals surface area contributed by atoms with Gasteiger partial charge in [0.2, 0.25) is 5.16 Å².